The molecule has 0 aromatic heterocycles. The Morgan fingerprint density at radius 1 is 1.27 bits per heavy atom. The maximum Gasteiger partial charge on any atom is 0.191 e. The third-order valence-electron chi connectivity index (χ3n) is 4.35. The molecule has 1 unspecified atom stereocenters. The Kier molecular flexibility index (Phi) is 11.7. The smallest absolute Gasteiger partial charge is 0.191 e. The zero-order valence-electron chi connectivity index (χ0n) is 16.3. The number of hydrogen-bond acceptors (Lipinski definition) is 3. The van der Waals surface area contributed by atoms with Crippen molar-refractivity contribution in [3.63, 3.8) is 0 Å². The van der Waals surface area contributed by atoms with Crippen molar-refractivity contribution in [3.8, 4) is 5.75 Å². The van der Waals surface area contributed by atoms with Gasteiger partial charge in [-0.3, -0.25) is 4.99 Å². The molecule has 1 aliphatic rings. The predicted octanol–water partition coefficient (Wildman–Crippen LogP) is 3.79. The van der Waals surface area contributed by atoms with Crippen LogP contribution in [0.5, 0.6) is 5.75 Å². The number of nitrogens with zero attached hydrogens (tertiary/aromatic N) is 1. The fraction of sp³-hybridized carbons (Fsp3) is 0.650. The Hall–Kier alpha value is -1.02. The van der Waals surface area contributed by atoms with Gasteiger partial charge in [0.1, 0.15) is 5.75 Å². The number of para-hydroxylation sites is 1. The van der Waals surface area contributed by atoms with E-state index >= 15 is 0 Å². The van der Waals surface area contributed by atoms with Crippen molar-refractivity contribution in [2.45, 2.75) is 39.0 Å². The standard InChI is InChI=1S/C20H33N3O2.HI/c1-4-21-20(22-12-7-13-25-15-17-10-11-17)23-14-16(2)18-8-5-6-9-19(18)24-3;/h5-6,8-9,16-17H,4,7,10-15H2,1-3H3,(H2,21,22,23);1H. The van der Waals surface area contributed by atoms with Crippen molar-refractivity contribution in [2.75, 3.05) is 40.0 Å². The van der Waals surface area contributed by atoms with E-state index in [9.17, 15) is 0 Å². The molecule has 0 amide bonds. The van der Waals surface area contributed by atoms with Gasteiger partial charge in [0.25, 0.3) is 0 Å². The number of benzene rings is 1. The largest absolute Gasteiger partial charge is 0.496 e. The minimum absolute atomic E-state index is 0. The average molecular weight is 475 g/mol. The Bertz CT molecular complexity index is 536. The molecule has 1 atom stereocenters. The molecule has 0 spiro atoms. The number of rotatable bonds is 11. The van der Waals surface area contributed by atoms with Gasteiger partial charge in [0.15, 0.2) is 5.96 Å². The normalized spacial score (nSPS) is 15.1. The summed E-state index contributed by atoms with van der Waals surface area (Å²) in [5.74, 6) is 2.93. The second-order valence-corrected chi connectivity index (χ2v) is 6.66. The van der Waals surface area contributed by atoms with E-state index in [1.54, 1.807) is 7.11 Å². The van der Waals surface area contributed by atoms with Crippen molar-refractivity contribution in [3.05, 3.63) is 29.8 Å². The molecule has 1 fully saturated rings. The van der Waals surface area contributed by atoms with Crippen LogP contribution in [0.4, 0.5) is 0 Å². The summed E-state index contributed by atoms with van der Waals surface area (Å²) >= 11 is 0. The first kappa shape index (κ1) is 23.0. The highest BCUT2D eigenvalue weighted by molar-refractivity contribution is 14.0. The number of methoxy groups -OCH3 is 1. The van der Waals surface area contributed by atoms with Crippen LogP contribution >= 0.6 is 24.0 Å². The highest BCUT2D eigenvalue weighted by atomic mass is 127. The van der Waals surface area contributed by atoms with Crippen LogP contribution in [0.25, 0.3) is 0 Å². The van der Waals surface area contributed by atoms with Crippen molar-refractivity contribution < 1.29 is 9.47 Å². The Morgan fingerprint density at radius 2 is 2.04 bits per heavy atom. The number of aliphatic imine (C=N–C) groups is 1. The molecular weight excluding hydrogens is 441 g/mol. The van der Waals surface area contributed by atoms with Gasteiger partial charge in [-0.15, -0.1) is 24.0 Å². The molecule has 1 saturated carbocycles. The first-order valence-electron chi connectivity index (χ1n) is 9.47. The Labute approximate surface area is 175 Å². The average Bonchev–Trinajstić information content (AvgIpc) is 3.46. The van der Waals surface area contributed by atoms with E-state index in [4.69, 9.17) is 14.5 Å². The van der Waals surface area contributed by atoms with Crippen LogP contribution in [-0.4, -0.2) is 45.9 Å². The highest BCUT2D eigenvalue weighted by Crippen LogP contribution is 2.28. The van der Waals surface area contributed by atoms with E-state index in [1.165, 1.54) is 18.4 Å². The lowest BCUT2D eigenvalue weighted by molar-refractivity contribution is 0.123. The zero-order chi connectivity index (χ0) is 17.9. The summed E-state index contributed by atoms with van der Waals surface area (Å²) in [5.41, 5.74) is 1.19. The summed E-state index contributed by atoms with van der Waals surface area (Å²) in [6, 6.07) is 8.15. The molecule has 0 aliphatic heterocycles. The summed E-state index contributed by atoms with van der Waals surface area (Å²) in [6.45, 7) is 8.46. The topological polar surface area (TPSA) is 54.9 Å². The minimum Gasteiger partial charge on any atom is -0.496 e. The summed E-state index contributed by atoms with van der Waals surface area (Å²) in [6.07, 6.45) is 3.69. The van der Waals surface area contributed by atoms with E-state index in [0.717, 1.165) is 50.4 Å². The molecule has 26 heavy (non-hydrogen) atoms. The molecule has 148 valence electrons. The molecular formula is C20H34IN3O2. The zero-order valence-corrected chi connectivity index (χ0v) is 18.6. The molecule has 0 radical (unpaired) electrons. The van der Waals surface area contributed by atoms with E-state index in [2.05, 4.69) is 30.5 Å². The van der Waals surface area contributed by atoms with Gasteiger partial charge >= 0.3 is 0 Å². The molecule has 0 bridgehead atoms. The number of hydrogen-bond donors (Lipinski definition) is 2. The predicted molar refractivity (Wildman–Crippen MR) is 119 cm³/mol. The van der Waals surface area contributed by atoms with Gasteiger partial charge < -0.3 is 20.1 Å². The molecule has 1 aromatic carbocycles. The molecule has 2 N–H and O–H groups in total. The van der Waals surface area contributed by atoms with Crippen molar-refractivity contribution in [1.82, 2.24) is 10.6 Å². The third kappa shape index (κ3) is 8.58. The van der Waals surface area contributed by atoms with Gasteiger partial charge in [-0.05, 0) is 43.7 Å². The van der Waals surface area contributed by atoms with Crippen LogP contribution in [0.1, 0.15) is 44.6 Å². The monoisotopic (exact) mass is 475 g/mol. The quantitative estimate of drug-likeness (QED) is 0.221. The van der Waals surface area contributed by atoms with E-state index in [0.29, 0.717) is 12.5 Å². The van der Waals surface area contributed by atoms with Crippen LogP contribution < -0.4 is 15.4 Å². The van der Waals surface area contributed by atoms with Crippen molar-refractivity contribution in [1.29, 1.82) is 0 Å². The molecule has 6 heteroatoms. The van der Waals surface area contributed by atoms with Crippen molar-refractivity contribution in [2.24, 2.45) is 10.9 Å². The number of guanidine groups is 1. The first-order chi connectivity index (χ1) is 12.2. The van der Waals surface area contributed by atoms with E-state index in [1.807, 2.05) is 18.2 Å². The maximum atomic E-state index is 5.67. The fourth-order valence-electron chi connectivity index (χ4n) is 2.66. The summed E-state index contributed by atoms with van der Waals surface area (Å²) in [4.78, 5) is 4.72. The molecule has 2 rings (SSSR count). The van der Waals surface area contributed by atoms with Gasteiger partial charge in [-0.1, -0.05) is 25.1 Å². The maximum absolute atomic E-state index is 5.67. The molecule has 0 heterocycles. The van der Waals surface area contributed by atoms with Gasteiger partial charge in [0.2, 0.25) is 0 Å². The molecule has 0 saturated heterocycles. The Balaban J connectivity index is 0.00000338. The van der Waals surface area contributed by atoms with Crippen LogP contribution in [-0.2, 0) is 4.74 Å². The van der Waals surface area contributed by atoms with Crippen LogP contribution in [0.3, 0.4) is 0 Å². The lowest BCUT2D eigenvalue weighted by Crippen LogP contribution is -2.38. The lowest BCUT2D eigenvalue weighted by Gasteiger charge is -2.16. The van der Waals surface area contributed by atoms with E-state index in [-0.39, 0.29) is 24.0 Å². The van der Waals surface area contributed by atoms with Crippen LogP contribution in [0.2, 0.25) is 0 Å². The second kappa shape index (κ2) is 13.2. The summed E-state index contributed by atoms with van der Waals surface area (Å²) in [5, 5.41) is 6.69. The van der Waals surface area contributed by atoms with E-state index < -0.39 is 0 Å². The first-order valence-corrected chi connectivity index (χ1v) is 9.47. The van der Waals surface area contributed by atoms with Gasteiger partial charge in [0, 0.05) is 38.8 Å². The van der Waals surface area contributed by atoms with Crippen LogP contribution in [0.15, 0.2) is 29.3 Å². The van der Waals surface area contributed by atoms with Gasteiger partial charge in [-0.25, -0.2) is 0 Å². The minimum atomic E-state index is 0. The molecule has 1 aliphatic carbocycles. The van der Waals surface area contributed by atoms with Crippen molar-refractivity contribution >= 4 is 29.9 Å². The second-order valence-electron chi connectivity index (χ2n) is 6.66. The van der Waals surface area contributed by atoms with Gasteiger partial charge in [-0.2, -0.15) is 0 Å². The Morgan fingerprint density at radius 3 is 2.73 bits per heavy atom. The molecule has 5 nitrogen and oxygen atoms in total. The number of ether oxygens (including phenoxy) is 2. The number of nitrogens with one attached hydrogen (secondary N) is 2. The van der Waals surface area contributed by atoms with Gasteiger partial charge in [0.05, 0.1) is 7.11 Å². The highest BCUT2D eigenvalue weighted by Gasteiger charge is 2.20. The summed E-state index contributed by atoms with van der Waals surface area (Å²) < 4.78 is 11.1. The molecule has 1 aromatic rings. The third-order valence-corrected chi connectivity index (χ3v) is 4.35. The lowest BCUT2D eigenvalue weighted by atomic mass is 10.0. The SMILES string of the molecule is CCNC(=NCC(C)c1ccccc1OC)NCCCOCC1CC1.I. The number of halogens is 1. The van der Waals surface area contributed by atoms with Crippen LogP contribution in [0, 0.1) is 5.92 Å². The fourth-order valence-corrected chi connectivity index (χ4v) is 2.66. The summed E-state index contributed by atoms with van der Waals surface area (Å²) in [7, 11) is 1.71.